The van der Waals surface area contributed by atoms with E-state index in [1.807, 2.05) is 30.3 Å². The Kier molecular flexibility index (Phi) is 7.05. The maximum Gasteiger partial charge on any atom is 0.293 e. The van der Waals surface area contributed by atoms with Gasteiger partial charge >= 0.3 is 0 Å². The van der Waals surface area contributed by atoms with Gasteiger partial charge in [-0.15, -0.1) is 0 Å². The second kappa shape index (κ2) is 9.71. The number of hydrogen-bond donors (Lipinski definition) is 1. The van der Waals surface area contributed by atoms with Crippen molar-refractivity contribution in [3.63, 3.8) is 0 Å². The van der Waals surface area contributed by atoms with Gasteiger partial charge in [-0.05, 0) is 41.6 Å². The fourth-order valence-corrected chi connectivity index (χ4v) is 3.69. The van der Waals surface area contributed by atoms with Gasteiger partial charge in [0.05, 0.1) is 4.91 Å². The Balaban J connectivity index is 1.47. The van der Waals surface area contributed by atoms with Crippen molar-refractivity contribution in [2.75, 3.05) is 19.7 Å². The molecule has 9 heteroatoms. The number of thioether (sulfide) groups is 1. The Morgan fingerprint density at radius 1 is 1.21 bits per heavy atom. The van der Waals surface area contributed by atoms with Crippen molar-refractivity contribution in [1.82, 2.24) is 10.2 Å². The minimum Gasteiger partial charge on any atom is -0.481 e. The van der Waals surface area contributed by atoms with Crippen LogP contribution in [0, 0.1) is 5.82 Å². The lowest BCUT2D eigenvalue weighted by molar-refractivity contribution is -0.125. The van der Waals surface area contributed by atoms with Crippen LogP contribution in [0.25, 0.3) is 6.08 Å². The maximum atomic E-state index is 13.7. The Hall–Kier alpha value is -2.65. The van der Waals surface area contributed by atoms with Gasteiger partial charge in [-0.25, -0.2) is 4.39 Å². The molecule has 3 rings (SSSR count). The van der Waals surface area contributed by atoms with E-state index in [9.17, 15) is 18.8 Å². The van der Waals surface area contributed by atoms with Crippen molar-refractivity contribution in [3.05, 3.63) is 69.3 Å². The molecule has 0 unspecified atom stereocenters. The molecule has 1 saturated heterocycles. The van der Waals surface area contributed by atoms with Crippen molar-refractivity contribution >= 4 is 50.8 Å². The highest BCUT2D eigenvalue weighted by Gasteiger charge is 2.34. The summed E-state index contributed by atoms with van der Waals surface area (Å²) in [4.78, 5) is 37.8. The van der Waals surface area contributed by atoms with Gasteiger partial charge in [-0.1, -0.05) is 46.3 Å². The predicted octanol–water partition coefficient (Wildman–Crippen LogP) is 3.82. The number of ether oxygens (including phenoxy) is 1. The molecule has 0 saturated carbocycles. The first kappa shape index (κ1) is 21.1. The summed E-state index contributed by atoms with van der Waals surface area (Å²) in [5.41, 5.74) is 0.823. The zero-order valence-electron chi connectivity index (χ0n) is 15.1. The highest BCUT2D eigenvalue weighted by Crippen LogP contribution is 2.31. The van der Waals surface area contributed by atoms with Crippen LogP contribution in [-0.2, 0) is 9.59 Å². The zero-order chi connectivity index (χ0) is 20.8. The molecule has 0 bridgehead atoms. The molecule has 0 aromatic heterocycles. The van der Waals surface area contributed by atoms with E-state index in [-0.39, 0.29) is 30.7 Å². The third-order valence-corrected chi connectivity index (χ3v) is 5.28. The molecule has 150 valence electrons. The number of rotatable bonds is 7. The summed E-state index contributed by atoms with van der Waals surface area (Å²) in [6.45, 7) is -0.273. The Morgan fingerprint density at radius 2 is 1.97 bits per heavy atom. The van der Waals surface area contributed by atoms with Crippen LogP contribution < -0.4 is 10.1 Å². The Morgan fingerprint density at radius 3 is 2.69 bits per heavy atom. The lowest BCUT2D eigenvalue weighted by atomic mass is 10.2. The van der Waals surface area contributed by atoms with Gasteiger partial charge < -0.3 is 10.1 Å². The van der Waals surface area contributed by atoms with Crippen LogP contribution in [0.4, 0.5) is 9.18 Å². The molecule has 1 heterocycles. The monoisotopic (exact) mass is 478 g/mol. The minimum absolute atomic E-state index is 0.0369. The van der Waals surface area contributed by atoms with Gasteiger partial charge in [0.1, 0.15) is 0 Å². The van der Waals surface area contributed by atoms with E-state index in [0.29, 0.717) is 9.38 Å². The minimum atomic E-state index is -0.588. The lowest BCUT2D eigenvalue weighted by Crippen LogP contribution is -2.38. The normalized spacial score (nSPS) is 15.1. The first-order valence-electron chi connectivity index (χ1n) is 8.59. The van der Waals surface area contributed by atoms with E-state index in [1.165, 1.54) is 12.1 Å². The van der Waals surface area contributed by atoms with Crippen molar-refractivity contribution in [2.45, 2.75) is 0 Å². The van der Waals surface area contributed by atoms with E-state index >= 15 is 0 Å². The maximum absolute atomic E-state index is 13.7. The fourth-order valence-electron chi connectivity index (χ4n) is 2.49. The SMILES string of the molecule is O=C(COc1ccc(Br)cc1F)NCCN1C(=O)S/C(=C\c2ccccc2)C1=O. The molecular formula is C20H16BrFN2O4S. The van der Waals surface area contributed by atoms with Gasteiger partial charge in [0, 0.05) is 17.6 Å². The van der Waals surface area contributed by atoms with Crippen molar-refractivity contribution in [2.24, 2.45) is 0 Å². The third-order valence-electron chi connectivity index (χ3n) is 3.88. The van der Waals surface area contributed by atoms with Crippen molar-refractivity contribution < 1.29 is 23.5 Å². The van der Waals surface area contributed by atoms with Gasteiger partial charge in [0.2, 0.25) is 0 Å². The molecule has 1 N–H and O–H groups in total. The topological polar surface area (TPSA) is 75.7 Å². The quantitative estimate of drug-likeness (QED) is 0.612. The van der Waals surface area contributed by atoms with E-state index in [0.717, 1.165) is 22.2 Å². The largest absolute Gasteiger partial charge is 0.481 e. The Labute approximate surface area is 179 Å². The molecule has 2 aromatic carbocycles. The summed E-state index contributed by atoms with van der Waals surface area (Å²) >= 11 is 4.00. The molecule has 1 aliphatic heterocycles. The van der Waals surface area contributed by atoms with Crippen molar-refractivity contribution in [1.29, 1.82) is 0 Å². The van der Waals surface area contributed by atoms with E-state index in [1.54, 1.807) is 12.1 Å². The van der Waals surface area contributed by atoms with Crippen LogP contribution in [0.15, 0.2) is 57.9 Å². The third kappa shape index (κ3) is 5.68. The van der Waals surface area contributed by atoms with Gasteiger partial charge in [0.15, 0.2) is 18.2 Å². The molecule has 0 radical (unpaired) electrons. The molecule has 3 amide bonds. The molecule has 0 aliphatic carbocycles. The Bertz CT molecular complexity index is 968. The molecule has 2 aromatic rings. The highest BCUT2D eigenvalue weighted by atomic mass is 79.9. The van der Waals surface area contributed by atoms with Crippen molar-refractivity contribution in [3.8, 4) is 5.75 Å². The second-order valence-corrected chi connectivity index (χ2v) is 7.87. The molecular weight excluding hydrogens is 463 g/mol. The smallest absolute Gasteiger partial charge is 0.293 e. The van der Waals surface area contributed by atoms with Crippen LogP contribution in [0.5, 0.6) is 5.75 Å². The number of carbonyl (C=O) groups is 3. The number of nitrogens with one attached hydrogen (secondary N) is 1. The number of imide groups is 1. The average Bonchev–Trinajstić information content (AvgIpc) is 2.95. The first-order valence-corrected chi connectivity index (χ1v) is 10.2. The first-order chi connectivity index (χ1) is 13.9. The second-order valence-electron chi connectivity index (χ2n) is 5.96. The van der Waals surface area contributed by atoms with Gasteiger partial charge in [0.25, 0.3) is 17.1 Å². The fraction of sp³-hybridized carbons (Fsp3) is 0.150. The number of carbonyl (C=O) groups excluding carboxylic acids is 3. The molecule has 29 heavy (non-hydrogen) atoms. The summed E-state index contributed by atoms with van der Waals surface area (Å²) in [5.74, 6) is -1.51. The summed E-state index contributed by atoms with van der Waals surface area (Å²) in [5, 5.41) is 2.16. The summed E-state index contributed by atoms with van der Waals surface area (Å²) in [6.07, 6.45) is 1.66. The number of nitrogens with zero attached hydrogens (tertiary/aromatic N) is 1. The standard InChI is InChI=1S/C20H16BrFN2O4S/c21-14-6-7-16(15(22)11-14)28-12-18(25)23-8-9-24-19(26)17(29-20(24)27)10-13-4-2-1-3-5-13/h1-7,10-11H,8-9,12H2,(H,23,25)/b17-10-. The summed E-state index contributed by atoms with van der Waals surface area (Å²) in [6, 6.07) is 13.5. The summed E-state index contributed by atoms with van der Waals surface area (Å²) < 4.78 is 19.4. The molecule has 1 aliphatic rings. The van der Waals surface area contributed by atoms with E-state index in [4.69, 9.17) is 4.74 Å². The number of halogens is 2. The zero-order valence-corrected chi connectivity index (χ0v) is 17.5. The van der Waals surface area contributed by atoms with Crippen LogP contribution in [0.2, 0.25) is 0 Å². The van der Waals surface area contributed by atoms with E-state index in [2.05, 4.69) is 21.2 Å². The van der Waals surface area contributed by atoms with Crippen LogP contribution >= 0.6 is 27.7 Å². The number of amides is 3. The molecule has 0 atom stereocenters. The van der Waals surface area contributed by atoms with Gasteiger partial charge in [-0.3, -0.25) is 19.3 Å². The van der Waals surface area contributed by atoms with Crippen LogP contribution in [-0.4, -0.2) is 41.6 Å². The van der Waals surface area contributed by atoms with Crippen LogP contribution in [0.3, 0.4) is 0 Å². The predicted molar refractivity (Wildman–Crippen MR) is 112 cm³/mol. The van der Waals surface area contributed by atoms with Gasteiger partial charge in [-0.2, -0.15) is 0 Å². The molecule has 6 nitrogen and oxygen atoms in total. The lowest BCUT2D eigenvalue weighted by Gasteiger charge is -2.13. The number of benzene rings is 2. The van der Waals surface area contributed by atoms with Crippen LogP contribution in [0.1, 0.15) is 5.56 Å². The van der Waals surface area contributed by atoms with E-state index < -0.39 is 17.6 Å². The molecule has 0 spiro atoms. The number of hydrogen-bond acceptors (Lipinski definition) is 5. The average molecular weight is 479 g/mol. The summed E-state index contributed by atoms with van der Waals surface area (Å²) in [7, 11) is 0. The molecule has 1 fully saturated rings. The highest BCUT2D eigenvalue weighted by molar-refractivity contribution is 9.10.